The van der Waals surface area contributed by atoms with Crippen molar-refractivity contribution in [3.05, 3.63) is 88.4 Å². The lowest BCUT2D eigenvalue weighted by Gasteiger charge is -2.25. The third-order valence-corrected chi connectivity index (χ3v) is 6.53. The summed E-state index contributed by atoms with van der Waals surface area (Å²) in [6.45, 7) is 1.40. The topological polar surface area (TPSA) is 66.5 Å². The summed E-state index contributed by atoms with van der Waals surface area (Å²) in [5.74, 6) is -0.496. The molecule has 3 rings (SSSR count). The predicted octanol–water partition coefficient (Wildman–Crippen LogP) is 5.14. The van der Waals surface area contributed by atoms with Crippen LogP contribution >= 0.6 is 23.2 Å². The number of halogens is 2. The second-order valence-electron chi connectivity index (χ2n) is 6.28. The fourth-order valence-corrected chi connectivity index (χ4v) is 4.76. The number of aryl methyl sites for hydroxylation is 1. The number of carbonyl (C=O) groups is 1. The molecule has 0 saturated heterocycles. The number of para-hydroxylation sites is 1. The molecule has 0 spiro atoms. The fourth-order valence-electron chi connectivity index (χ4n) is 2.74. The van der Waals surface area contributed by atoms with Gasteiger partial charge in [-0.15, -0.1) is 0 Å². The van der Waals surface area contributed by atoms with Gasteiger partial charge in [-0.1, -0.05) is 59.6 Å². The first kappa shape index (κ1) is 21.2. The molecule has 150 valence electrons. The molecule has 0 radical (unpaired) electrons. The Bertz CT molecular complexity index is 1140. The van der Waals surface area contributed by atoms with E-state index in [4.69, 9.17) is 23.2 Å². The Morgan fingerprint density at radius 3 is 2.28 bits per heavy atom. The van der Waals surface area contributed by atoms with Crippen molar-refractivity contribution in [3.8, 4) is 0 Å². The van der Waals surface area contributed by atoms with Gasteiger partial charge < -0.3 is 5.32 Å². The summed E-state index contributed by atoms with van der Waals surface area (Å²) in [5, 5.41) is 3.24. The Hall–Kier alpha value is -2.54. The molecular formula is C21H18Cl2N2O3S. The largest absolute Gasteiger partial charge is 0.324 e. The molecule has 0 saturated carbocycles. The Morgan fingerprint density at radius 1 is 0.966 bits per heavy atom. The minimum Gasteiger partial charge on any atom is -0.324 e. The van der Waals surface area contributed by atoms with E-state index in [9.17, 15) is 13.2 Å². The van der Waals surface area contributed by atoms with Crippen molar-refractivity contribution in [2.75, 3.05) is 16.2 Å². The van der Waals surface area contributed by atoms with Crippen LogP contribution < -0.4 is 9.62 Å². The first-order chi connectivity index (χ1) is 13.8. The molecule has 0 aliphatic carbocycles. The molecule has 3 aromatic rings. The van der Waals surface area contributed by atoms with Gasteiger partial charge in [0, 0.05) is 10.7 Å². The lowest BCUT2D eigenvalue weighted by Crippen LogP contribution is -2.38. The number of anilines is 2. The highest BCUT2D eigenvalue weighted by Crippen LogP contribution is 2.32. The second-order valence-corrected chi connectivity index (χ2v) is 8.99. The summed E-state index contributed by atoms with van der Waals surface area (Å²) in [6.07, 6.45) is 0. The molecule has 0 aromatic heterocycles. The van der Waals surface area contributed by atoms with Crippen molar-refractivity contribution in [3.63, 3.8) is 0 Å². The van der Waals surface area contributed by atoms with Crippen LogP contribution in [-0.2, 0) is 14.8 Å². The van der Waals surface area contributed by atoms with E-state index in [-0.39, 0.29) is 15.6 Å². The van der Waals surface area contributed by atoms with Crippen molar-refractivity contribution in [1.82, 2.24) is 0 Å². The normalized spacial score (nSPS) is 11.1. The van der Waals surface area contributed by atoms with Crippen LogP contribution in [-0.4, -0.2) is 20.9 Å². The standard InChI is InChI=1S/C21H18Cl2N2O3S/c1-15-7-5-6-10-19(15)24-21(26)14-25(20-12-11-16(22)13-18(20)23)29(27,28)17-8-3-2-4-9-17/h2-13H,14H2,1H3,(H,24,26). The van der Waals surface area contributed by atoms with Crippen LogP contribution in [0.3, 0.4) is 0 Å². The molecule has 5 nitrogen and oxygen atoms in total. The summed E-state index contributed by atoms with van der Waals surface area (Å²) in [7, 11) is -4.04. The van der Waals surface area contributed by atoms with Crippen LogP contribution in [0.2, 0.25) is 10.0 Å². The number of nitrogens with zero attached hydrogens (tertiary/aromatic N) is 1. The number of hydrogen-bond acceptors (Lipinski definition) is 3. The average Bonchev–Trinajstić information content (AvgIpc) is 2.69. The highest BCUT2D eigenvalue weighted by atomic mass is 35.5. The van der Waals surface area contributed by atoms with Gasteiger partial charge in [0.2, 0.25) is 5.91 Å². The van der Waals surface area contributed by atoms with Crippen LogP contribution in [0.4, 0.5) is 11.4 Å². The number of nitrogens with one attached hydrogen (secondary N) is 1. The number of hydrogen-bond donors (Lipinski definition) is 1. The van der Waals surface area contributed by atoms with Crippen LogP contribution in [0.5, 0.6) is 0 Å². The SMILES string of the molecule is Cc1ccccc1NC(=O)CN(c1ccc(Cl)cc1Cl)S(=O)(=O)c1ccccc1. The molecule has 0 bridgehead atoms. The molecule has 0 unspecified atom stereocenters. The van der Waals surface area contributed by atoms with Gasteiger partial charge in [-0.3, -0.25) is 9.10 Å². The van der Waals surface area contributed by atoms with Crippen LogP contribution in [0.1, 0.15) is 5.56 Å². The van der Waals surface area contributed by atoms with Crippen molar-refractivity contribution in [1.29, 1.82) is 0 Å². The number of amides is 1. The molecule has 29 heavy (non-hydrogen) atoms. The smallest absolute Gasteiger partial charge is 0.264 e. The van der Waals surface area contributed by atoms with E-state index in [0.29, 0.717) is 10.7 Å². The predicted molar refractivity (Wildman–Crippen MR) is 117 cm³/mol. The van der Waals surface area contributed by atoms with Crippen LogP contribution in [0.25, 0.3) is 0 Å². The molecule has 0 aliphatic rings. The summed E-state index contributed by atoms with van der Waals surface area (Å²) in [6, 6.07) is 19.5. The quantitative estimate of drug-likeness (QED) is 0.567. The summed E-state index contributed by atoms with van der Waals surface area (Å²) >= 11 is 12.2. The maximum Gasteiger partial charge on any atom is 0.264 e. The zero-order chi connectivity index (χ0) is 21.0. The molecule has 0 heterocycles. The van der Waals surface area contributed by atoms with E-state index in [1.165, 1.54) is 30.3 Å². The highest BCUT2D eigenvalue weighted by molar-refractivity contribution is 7.92. The van der Waals surface area contributed by atoms with Gasteiger partial charge in [-0.05, 0) is 48.9 Å². The lowest BCUT2D eigenvalue weighted by atomic mass is 10.2. The first-order valence-electron chi connectivity index (χ1n) is 8.67. The Kier molecular flexibility index (Phi) is 6.47. The van der Waals surface area contributed by atoms with E-state index in [2.05, 4.69) is 5.32 Å². The maximum absolute atomic E-state index is 13.3. The Labute approximate surface area is 179 Å². The summed E-state index contributed by atoms with van der Waals surface area (Å²) in [4.78, 5) is 12.8. The lowest BCUT2D eigenvalue weighted by molar-refractivity contribution is -0.114. The monoisotopic (exact) mass is 448 g/mol. The molecular weight excluding hydrogens is 431 g/mol. The molecule has 0 fully saturated rings. The number of benzene rings is 3. The van der Waals surface area contributed by atoms with Gasteiger partial charge in [0.25, 0.3) is 10.0 Å². The van der Waals surface area contributed by atoms with Crippen LogP contribution in [0, 0.1) is 6.92 Å². The molecule has 0 aliphatic heterocycles. The van der Waals surface area contributed by atoms with Crippen molar-refractivity contribution < 1.29 is 13.2 Å². The van der Waals surface area contributed by atoms with Gasteiger partial charge in [-0.2, -0.15) is 0 Å². The minimum absolute atomic E-state index is 0.0507. The number of carbonyl (C=O) groups excluding carboxylic acids is 1. The molecule has 8 heteroatoms. The molecule has 0 atom stereocenters. The molecule has 3 aromatic carbocycles. The molecule has 1 N–H and O–H groups in total. The zero-order valence-electron chi connectivity index (χ0n) is 15.5. The van der Waals surface area contributed by atoms with E-state index < -0.39 is 22.5 Å². The van der Waals surface area contributed by atoms with E-state index in [0.717, 1.165) is 9.87 Å². The highest BCUT2D eigenvalue weighted by Gasteiger charge is 2.28. The van der Waals surface area contributed by atoms with Gasteiger partial charge in [-0.25, -0.2) is 8.42 Å². The van der Waals surface area contributed by atoms with Crippen molar-refractivity contribution >= 4 is 50.5 Å². The average molecular weight is 449 g/mol. The maximum atomic E-state index is 13.3. The van der Waals surface area contributed by atoms with Gasteiger partial charge >= 0.3 is 0 Å². The summed E-state index contributed by atoms with van der Waals surface area (Å²) in [5.41, 5.74) is 1.64. The third-order valence-electron chi connectivity index (χ3n) is 4.22. The van der Waals surface area contributed by atoms with E-state index in [1.807, 2.05) is 19.1 Å². The summed E-state index contributed by atoms with van der Waals surface area (Å²) < 4.78 is 27.5. The Balaban J connectivity index is 1.99. The van der Waals surface area contributed by atoms with Crippen molar-refractivity contribution in [2.24, 2.45) is 0 Å². The fraction of sp³-hybridized carbons (Fsp3) is 0.0952. The number of sulfonamides is 1. The first-order valence-corrected chi connectivity index (χ1v) is 10.9. The van der Waals surface area contributed by atoms with E-state index in [1.54, 1.807) is 30.3 Å². The minimum atomic E-state index is -4.04. The third kappa shape index (κ3) is 4.90. The number of rotatable bonds is 6. The zero-order valence-corrected chi connectivity index (χ0v) is 17.8. The second kappa shape index (κ2) is 8.86. The van der Waals surface area contributed by atoms with Gasteiger partial charge in [0.05, 0.1) is 15.6 Å². The Morgan fingerprint density at radius 2 is 1.62 bits per heavy atom. The van der Waals surface area contributed by atoms with Gasteiger partial charge in [0.15, 0.2) is 0 Å². The molecule has 1 amide bonds. The van der Waals surface area contributed by atoms with E-state index >= 15 is 0 Å². The van der Waals surface area contributed by atoms with Gasteiger partial charge in [0.1, 0.15) is 6.54 Å². The van der Waals surface area contributed by atoms with Crippen molar-refractivity contribution in [2.45, 2.75) is 11.8 Å². The van der Waals surface area contributed by atoms with Crippen LogP contribution in [0.15, 0.2) is 77.7 Å².